The van der Waals surface area contributed by atoms with Crippen LogP contribution in [0, 0.1) is 0 Å². The lowest BCUT2D eigenvalue weighted by molar-refractivity contribution is -0.386. The first kappa shape index (κ1) is 28.9. The lowest BCUT2D eigenvalue weighted by Crippen LogP contribution is -2.47. The second kappa shape index (κ2) is 12.8. The van der Waals surface area contributed by atoms with Gasteiger partial charge in [-0.2, -0.15) is 18.2 Å². The number of carboxylic acids is 1. The predicted molar refractivity (Wildman–Crippen MR) is 142 cm³/mol. The molecule has 0 aliphatic carbocycles. The van der Waals surface area contributed by atoms with Gasteiger partial charge in [0.25, 0.3) is 0 Å². The van der Waals surface area contributed by atoms with Crippen LogP contribution in [0.1, 0.15) is 5.56 Å². The number of aromatic nitrogens is 3. The molecule has 9 nitrogen and oxygen atoms in total. The lowest BCUT2D eigenvalue weighted by atomic mass is 9.98. The van der Waals surface area contributed by atoms with E-state index in [0.29, 0.717) is 18.1 Å². The first-order valence-electron chi connectivity index (χ1n) is 12.7. The number of quaternary nitrogens is 1. The highest BCUT2D eigenvalue weighted by Crippen LogP contribution is 2.33. The topological polar surface area (TPSA) is 133 Å². The van der Waals surface area contributed by atoms with E-state index in [1.54, 1.807) is 0 Å². The number of fused-ring (bicyclic) bond motifs is 1. The fourth-order valence-electron chi connectivity index (χ4n) is 4.31. The Kier molecular flexibility index (Phi) is 9.25. The first-order valence-corrected chi connectivity index (χ1v) is 12.7. The van der Waals surface area contributed by atoms with Gasteiger partial charge in [-0.1, -0.05) is 54.6 Å². The SMILES string of the molecule is O=C([O-])C(F)(F)F.[NH3+]Cc1ccc(-c2nc3nc(N4CCN(CCO)CC4)ncc3cc2-c2ccccc2)cc1. The number of hydrogen-bond acceptors (Lipinski definition) is 8. The van der Waals surface area contributed by atoms with Crippen molar-refractivity contribution in [3.63, 3.8) is 0 Å². The van der Waals surface area contributed by atoms with Gasteiger partial charge in [-0.3, -0.25) is 4.90 Å². The number of aliphatic carboxylic acids is 1. The molecule has 0 saturated carbocycles. The average Bonchev–Trinajstić information content (AvgIpc) is 2.97. The molecular formula is C28H29F3N6O3. The molecule has 0 bridgehead atoms. The van der Waals surface area contributed by atoms with Crippen LogP contribution in [0.15, 0.2) is 66.9 Å². The number of benzene rings is 2. The summed E-state index contributed by atoms with van der Waals surface area (Å²) in [6.45, 7) is 5.14. The quantitative estimate of drug-likeness (QED) is 0.367. The second-order valence-corrected chi connectivity index (χ2v) is 9.12. The molecule has 1 aliphatic rings. The molecule has 0 atom stereocenters. The van der Waals surface area contributed by atoms with E-state index in [1.165, 1.54) is 5.56 Å². The summed E-state index contributed by atoms with van der Waals surface area (Å²) in [7, 11) is 0. The number of aliphatic hydroxyl groups excluding tert-OH is 1. The number of carboxylic acid groups (broad SMARTS) is 1. The number of carbonyl (C=O) groups excluding carboxylic acids is 1. The Labute approximate surface area is 228 Å². The number of carbonyl (C=O) groups is 1. The number of nitrogens with zero attached hydrogens (tertiary/aromatic N) is 5. The summed E-state index contributed by atoms with van der Waals surface area (Å²) in [6, 6.07) is 20.9. The van der Waals surface area contributed by atoms with Crippen LogP contribution < -0.4 is 15.7 Å². The van der Waals surface area contributed by atoms with Crippen molar-refractivity contribution < 1.29 is 33.9 Å². The van der Waals surface area contributed by atoms with Crippen molar-refractivity contribution in [1.29, 1.82) is 0 Å². The van der Waals surface area contributed by atoms with Crippen LogP contribution in [0.4, 0.5) is 19.1 Å². The Balaban J connectivity index is 0.000000470. The smallest absolute Gasteiger partial charge is 0.430 e. The van der Waals surface area contributed by atoms with Gasteiger partial charge in [-0.15, -0.1) is 0 Å². The van der Waals surface area contributed by atoms with Gasteiger partial charge in [0.05, 0.1) is 18.8 Å². The minimum absolute atomic E-state index is 0.193. The molecule has 2 aromatic heterocycles. The molecule has 210 valence electrons. The largest absolute Gasteiger partial charge is 0.542 e. The van der Waals surface area contributed by atoms with E-state index in [0.717, 1.165) is 60.5 Å². The van der Waals surface area contributed by atoms with Gasteiger partial charge in [0.1, 0.15) is 5.97 Å². The molecule has 2 aromatic carbocycles. The normalized spacial score (nSPS) is 14.1. The molecule has 5 rings (SSSR count). The Bertz CT molecular complexity index is 1430. The van der Waals surface area contributed by atoms with Crippen molar-refractivity contribution in [3.8, 4) is 22.4 Å². The molecule has 3 heterocycles. The molecular weight excluding hydrogens is 525 g/mol. The van der Waals surface area contributed by atoms with Crippen molar-refractivity contribution in [1.82, 2.24) is 19.9 Å². The van der Waals surface area contributed by atoms with Crippen LogP contribution in [-0.4, -0.2) is 76.4 Å². The Hall–Kier alpha value is -4.13. The van der Waals surface area contributed by atoms with Gasteiger partial charge in [-0.25, -0.2) is 9.97 Å². The van der Waals surface area contributed by atoms with Crippen LogP contribution in [0.2, 0.25) is 0 Å². The summed E-state index contributed by atoms with van der Waals surface area (Å²) >= 11 is 0. The highest BCUT2D eigenvalue weighted by molar-refractivity contribution is 5.90. The Morgan fingerprint density at radius 1 is 0.975 bits per heavy atom. The van der Waals surface area contributed by atoms with E-state index in [1.807, 2.05) is 24.4 Å². The van der Waals surface area contributed by atoms with Gasteiger partial charge >= 0.3 is 6.18 Å². The van der Waals surface area contributed by atoms with Gasteiger partial charge in [0, 0.05) is 61.0 Å². The van der Waals surface area contributed by atoms with Crippen LogP contribution >= 0.6 is 0 Å². The van der Waals surface area contributed by atoms with Gasteiger partial charge < -0.3 is 25.6 Å². The van der Waals surface area contributed by atoms with E-state index < -0.39 is 12.1 Å². The van der Waals surface area contributed by atoms with Crippen LogP contribution in [0.5, 0.6) is 0 Å². The molecule has 0 unspecified atom stereocenters. The van der Waals surface area contributed by atoms with E-state index in [4.69, 9.17) is 19.9 Å². The van der Waals surface area contributed by atoms with Gasteiger partial charge in [0.15, 0.2) is 5.65 Å². The van der Waals surface area contributed by atoms with Crippen LogP contribution in [0.25, 0.3) is 33.4 Å². The highest BCUT2D eigenvalue weighted by Gasteiger charge is 2.28. The monoisotopic (exact) mass is 554 g/mol. The zero-order valence-corrected chi connectivity index (χ0v) is 21.6. The minimum Gasteiger partial charge on any atom is -0.542 e. The Morgan fingerprint density at radius 3 is 2.20 bits per heavy atom. The van der Waals surface area contributed by atoms with E-state index >= 15 is 0 Å². The fraction of sp³-hybridized carbons (Fsp3) is 0.286. The molecule has 4 aromatic rings. The van der Waals surface area contributed by atoms with E-state index in [2.05, 4.69) is 63.0 Å². The van der Waals surface area contributed by atoms with Crippen molar-refractivity contribution >= 4 is 23.0 Å². The molecule has 0 spiro atoms. The highest BCUT2D eigenvalue weighted by atomic mass is 19.4. The maximum atomic E-state index is 10.5. The maximum Gasteiger partial charge on any atom is 0.430 e. The maximum absolute atomic E-state index is 10.5. The van der Waals surface area contributed by atoms with Crippen LogP contribution in [-0.2, 0) is 11.3 Å². The molecule has 0 radical (unpaired) electrons. The number of β-amino-alcohol motifs (C(OH)–C–C–N with tert-alkyl or cyclic N) is 1. The van der Waals surface area contributed by atoms with E-state index in [-0.39, 0.29) is 6.61 Å². The third kappa shape index (κ3) is 7.08. The number of alkyl halides is 3. The standard InChI is InChI=1S/C26H28N6O.C2HF3O2/c27-17-19-6-8-21(9-7-19)24-23(20-4-2-1-3-5-20)16-22-18-28-26(30-25(22)29-24)32-12-10-31(11-13-32)14-15-33;3-2(4,5)1(6)7/h1-9,16,18,33H,10-15,17,27H2;(H,6,7). The molecule has 12 heteroatoms. The fourth-order valence-corrected chi connectivity index (χ4v) is 4.31. The third-order valence-electron chi connectivity index (χ3n) is 6.46. The third-order valence-corrected chi connectivity index (χ3v) is 6.46. The van der Waals surface area contributed by atoms with Crippen LogP contribution in [0.3, 0.4) is 0 Å². The zero-order chi connectivity index (χ0) is 28.7. The average molecular weight is 555 g/mol. The number of anilines is 1. The van der Waals surface area contributed by atoms with Gasteiger partial charge in [0.2, 0.25) is 5.95 Å². The van der Waals surface area contributed by atoms with E-state index in [9.17, 15) is 18.3 Å². The lowest BCUT2D eigenvalue weighted by Gasteiger charge is -2.34. The number of pyridine rings is 1. The van der Waals surface area contributed by atoms with Gasteiger partial charge in [-0.05, 0) is 11.6 Å². The summed E-state index contributed by atoms with van der Waals surface area (Å²) in [6.07, 6.45) is -3.31. The minimum atomic E-state index is -5.19. The second-order valence-electron chi connectivity index (χ2n) is 9.12. The zero-order valence-electron chi connectivity index (χ0n) is 21.6. The Morgan fingerprint density at radius 2 is 1.62 bits per heavy atom. The van der Waals surface area contributed by atoms with Crippen molar-refractivity contribution in [2.45, 2.75) is 12.7 Å². The molecule has 0 amide bonds. The predicted octanol–water partition coefficient (Wildman–Crippen LogP) is 1.51. The summed E-state index contributed by atoms with van der Waals surface area (Å²) < 4.78 is 31.5. The first-order chi connectivity index (χ1) is 19.2. The molecule has 1 fully saturated rings. The van der Waals surface area contributed by atoms with Crippen molar-refractivity contribution in [2.75, 3.05) is 44.2 Å². The number of halogens is 3. The van der Waals surface area contributed by atoms with Crippen molar-refractivity contribution in [2.24, 2.45) is 0 Å². The summed E-state index contributed by atoms with van der Waals surface area (Å²) in [5.41, 5.74) is 10.0. The molecule has 40 heavy (non-hydrogen) atoms. The number of rotatable bonds is 6. The summed E-state index contributed by atoms with van der Waals surface area (Å²) in [5.74, 6) is -2.29. The molecule has 1 aliphatic heterocycles. The molecule has 1 saturated heterocycles. The summed E-state index contributed by atoms with van der Waals surface area (Å²) in [4.78, 5) is 27.8. The van der Waals surface area contributed by atoms with Crippen molar-refractivity contribution in [3.05, 3.63) is 72.4 Å². The number of hydrogen-bond donors (Lipinski definition) is 2. The summed E-state index contributed by atoms with van der Waals surface area (Å²) in [5, 5.41) is 18.9. The molecule has 4 N–H and O–H groups in total. The number of aliphatic hydroxyl groups is 1. The number of piperazine rings is 1.